The maximum atomic E-state index is 12.6. The zero-order chi connectivity index (χ0) is 21.5. The number of piperidine rings is 1. The van der Waals surface area contributed by atoms with Crippen molar-refractivity contribution in [1.29, 1.82) is 0 Å². The molecule has 1 fully saturated rings. The van der Waals surface area contributed by atoms with Crippen LogP contribution in [0.1, 0.15) is 39.1 Å². The van der Waals surface area contributed by atoms with Crippen LogP contribution in [-0.2, 0) is 9.53 Å². The lowest BCUT2D eigenvalue weighted by Gasteiger charge is -2.31. The van der Waals surface area contributed by atoms with E-state index in [9.17, 15) is 14.4 Å². The number of carbonyl (C=O) groups excluding carboxylic acids is 3. The molecule has 0 spiro atoms. The maximum Gasteiger partial charge on any atom is 0.337 e. The SMILES string of the molecule is COC(=O)c1ccc(/C=N\NC(=O)C2CCN(C(=O)c3ccccc3Cl)CC2)cc1. The first-order chi connectivity index (χ1) is 14.5. The van der Waals surface area contributed by atoms with Gasteiger partial charge in [-0.15, -0.1) is 0 Å². The third-order valence-corrected chi connectivity index (χ3v) is 5.31. The molecule has 1 heterocycles. The number of carbonyl (C=O) groups is 3. The lowest BCUT2D eigenvalue weighted by molar-refractivity contribution is -0.126. The van der Waals surface area contributed by atoms with Gasteiger partial charge in [-0.05, 0) is 42.7 Å². The van der Waals surface area contributed by atoms with Gasteiger partial charge in [-0.1, -0.05) is 35.9 Å². The summed E-state index contributed by atoms with van der Waals surface area (Å²) in [6, 6.07) is 13.6. The molecule has 2 aromatic rings. The molecule has 0 saturated carbocycles. The van der Waals surface area contributed by atoms with Gasteiger partial charge in [0.05, 0.1) is 29.5 Å². The molecule has 0 aliphatic carbocycles. The summed E-state index contributed by atoms with van der Waals surface area (Å²) >= 11 is 6.11. The first kappa shape index (κ1) is 21.5. The summed E-state index contributed by atoms with van der Waals surface area (Å²) in [4.78, 5) is 38.1. The van der Waals surface area contributed by atoms with Crippen LogP contribution >= 0.6 is 11.6 Å². The van der Waals surface area contributed by atoms with Crippen molar-refractivity contribution in [2.75, 3.05) is 20.2 Å². The number of nitrogens with one attached hydrogen (secondary N) is 1. The number of esters is 1. The fourth-order valence-corrected chi connectivity index (χ4v) is 3.45. The molecule has 1 N–H and O–H groups in total. The highest BCUT2D eigenvalue weighted by Gasteiger charge is 2.28. The molecular weight excluding hydrogens is 406 g/mol. The molecule has 3 rings (SSSR count). The number of methoxy groups -OCH3 is 1. The first-order valence-corrected chi connectivity index (χ1v) is 9.92. The Morgan fingerprint density at radius 2 is 1.77 bits per heavy atom. The van der Waals surface area contributed by atoms with Crippen LogP contribution in [0.25, 0.3) is 0 Å². The van der Waals surface area contributed by atoms with Crippen molar-refractivity contribution in [2.45, 2.75) is 12.8 Å². The van der Waals surface area contributed by atoms with Gasteiger partial charge in [-0.25, -0.2) is 10.2 Å². The number of benzene rings is 2. The van der Waals surface area contributed by atoms with Gasteiger partial charge in [0.1, 0.15) is 0 Å². The van der Waals surface area contributed by atoms with Crippen LogP contribution in [0.2, 0.25) is 5.02 Å². The summed E-state index contributed by atoms with van der Waals surface area (Å²) in [6.07, 6.45) is 2.63. The smallest absolute Gasteiger partial charge is 0.337 e. The molecule has 0 radical (unpaired) electrons. The van der Waals surface area contributed by atoms with Gasteiger partial charge in [-0.3, -0.25) is 9.59 Å². The third-order valence-electron chi connectivity index (χ3n) is 4.98. The molecule has 156 valence electrons. The average molecular weight is 428 g/mol. The molecule has 1 aliphatic rings. The fraction of sp³-hybridized carbons (Fsp3) is 0.273. The van der Waals surface area contributed by atoms with E-state index in [1.54, 1.807) is 53.4 Å². The highest BCUT2D eigenvalue weighted by atomic mass is 35.5. The summed E-state index contributed by atoms with van der Waals surface area (Å²) in [5.41, 5.74) is 4.21. The van der Waals surface area contributed by atoms with Gasteiger partial charge >= 0.3 is 5.97 Å². The molecule has 0 atom stereocenters. The van der Waals surface area contributed by atoms with Crippen LogP contribution in [0.5, 0.6) is 0 Å². The predicted molar refractivity (Wildman–Crippen MR) is 114 cm³/mol. The van der Waals surface area contributed by atoms with Crippen molar-refractivity contribution in [3.05, 3.63) is 70.2 Å². The van der Waals surface area contributed by atoms with Crippen LogP contribution < -0.4 is 5.43 Å². The third kappa shape index (κ3) is 5.24. The Morgan fingerprint density at radius 1 is 1.10 bits per heavy atom. The molecule has 2 amide bonds. The summed E-state index contributed by atoms with van der Waals surface area (Å²) < 4.78 is 4.65. The Bertz CT molecular complexity index is 951. The van der Waals surface area contributed by atoms with E-state index in [0.717, 1.165) is 5.56 Å². The standard InChI is InChI=1S/C22H22ClN3O4/c1-30-22(29)17-8-6-15(7-9-17)14-24-25-20(27)16-10-12-26(13-11-16)21(28)18-4-2-3-5-19(18)23/h2-9,14,16H,10-13H2,1H3,(H,25,27)/b24-14-. The van der Waals surface area contributed by atoms with E-state index in [4.69, 9.17) is 11.6 Å². The molecule has 8 heteroatoms. The van der Waals surface area contributed by atoms with E-state index in [1.165, 1.54) is 13.3 Å². The molecule has 30 heavy (non-hydrogen) atoms. The van der Waals surface area contributed by atoms with Gasteiger partial charge in [-0.2, -0.15) is 5.10 Å². The quantitative estimate of drug-likeness (QED) is 0.451. The van der Waals surface area contributed by atoms with Gasteiger partial charge in [0.15, 0.2) is 0 Å². The lowest BCUT2D eigenvalue weighted by Crippen LogP contribution is -2.42. The Kier molecular flexibility index (Phi) is 7.19. The largest absolute Gasteiger partial charge is 0.465 e. The normalized spacial score (nSPS) is 14.5. The van der Waals surface area contributed by atoms with E-state index >= 15 is 0 Å². The van der Waals surface area contributed by atoms with Crippen LogP contribution in [0.15, 0.2) is 53.6 Å². The number of hydrogen-bond acceptors (Lipinski definition) is 5. The number of amides is 2. The minimum absolute atomic E-state index is 0.118. The second kappa shape index (κ2) is 10.0. The van der Waals surface area contributed by atoms with Crippen molar-refractivity contribution in [3.8, 4) is 0 Å². The minimum atomic E-state index is -0.411. The fourth-order valence-electron chi connectivity index (χ4n) is 3.23. The Morgan fingerprint density at radius 3 is 2.40 bits per heavy atom. The van der Waals surface area contributed by atoms with Gasteiger partial charge in [0.2, 0.25) is 5.91 Å². The second-order valence-corrected chi connectivity index (χ2v) is 7.30. The minimum Gasteiger partial charge on any atom is -0.465 e. The number of rotatable bonds is 5. The van der Waals surface area contributed by atoms with E-state index in [2.05, 4.69) is 15.3 Å². The molecule has 1 saturated heterocycles. The monoisotopic (exact) mass is 427 g/mol. The summed E-state index contributed by atoms with van der Waals surface area (Å²) in [6.45, 7) is 0.974. The molecule has 2 aromatic carbocycles. The van der Waals surface area contributed by atoms with Crippen molar-refractivity contribution in [2.24, 2.45) is 11.0 Å². The van der Waals surface area contributed by atoms with Crippen LogP contribution in [0.4, 0.5) is 0 Å². The van der Waals surface area contributed by atoms with Crippen molar-refractivity contribution in [1.82, 2.24) is 10.3 Å². The molecular formula is C22H22ClN3O4. The topological polar surface area (TPSA) is 88.1 Å². The molecule has 0 unspecified atom stereocenters. The van der Waals surface area contributed by atoms with E-state index in [0.29, 0.717) is 42.1 Å². The first-order valence-electron chi connectivity index (χ1n) is 9.54. The number of likely N-dealkylation sites (tertiary alicyclic amines) is 1. The highest BCUT2D eigenvalue weighted by molar-refractivity contribution is 6.33. The maximum absolute atomic E-state index is 12.6. The number of nitrogens with zero attached hydrogens (tertiary/aromatic N) is 2. The van der Waals surface area contributed by atoms with Gasteiger partial charge < -0.3 is 9.64 Å². The number of hydrazone groups is 1. The van der Waals surface area contributed by atoms with Crippen LogP contribution in [0.3, 0.4) is 0 Å². The van der Waals surface area contributed by atoms with E-state index < -0.39 is 5.97 Å². The molecule has 0 bridgehead atoms. The summed E-state index contributed by atoms with van der Waals surface area (Å²) in [5.74, 6) is -0.916. The predicted octanol–water partition coefficient (Wildman–Crippen LogP) is 3.13. The van der Waals surface area contributed by atoms with Crippen molar-refractivity contribution < 1.29 is 19.1 Å². The summed E-state index contributed by atoms with van der Waals surface area (Å²) in [5, 5.41) is 4.41. The second-order valence-electron chi connectivity index (χ2n) is 6.89. The molecule has 7 nitrogen and oxygen atoms in total. The lowest BCUT2D eigenvalue weighted by atomic mass is 9.95. The summed E-state index contributed by atoms with van der Waals surface area (Å²) in [7, 11) is 1.32. The van der Waals surface area contributed by atoms with E-state index in [-0.39, 0.29) is 17.7 Å². The highest BCUT2D eigenvalue weighted by Crippen LogP contribution is 2.22. The number of ether oxygens (including phenoxy) is 1. The number of hydrogen-bond donors (Lipinski definition) is 1. The van der Waals surface area contributed by atoms with Crippen LogP contribution in [0, 0.1) is 5.92 Å². The Hall–Kier alpha value is -3.19. The average Bonchev–Trinajstić information content (AvgIpc) is 2.79. The molecule has 1 aliphatic heterocycles. The Labute approximate surface area is 179 Å². The van der Waals surface area contributed by atoms with Gasteiger partial charge in [0.25, 0.3) is 5.91 Å². The van der Waals surface area contributed by atoms with Crippen LogP contribution in [-0.4, -0.2) is 49.1 Å². The zero-order valence-electron chi connectivity index (χ0n) is 16.5. The Balaban J connectivity index is 1.48. The van der Waals surface area contributed by atoms with Gasteiger partial charge in [0, 0.05) is 19.0 Å². The number of halogens is 1. The zero-order valence-corrected chi connectivity index (χ0v) is 17.3. The van der Waals surface area contributed by atoms with Crippen molar-refractivity contribution in [3.63, 3.8) is 0 Å². The van der Waals surface area contributed by atoms with Crippen molar-refractivity contribution >= 4 is 35.6 Å². The van der Waals surface area contributed by atoms with E-state index in [1.807, 2.05) is 0 Å². The molecule has 0 aromatic heterocycles.